The first-order chi connectivity index (χ1) is 6.22. The van der Waals surface area contributed by atoms with Crippen molar-refractivity contribution in [2.24, 2.45) is 0 Å². The van der Waals surface area contributed by atoms with Crippen LogP contribution in [0.25, 0.3) is 0 Å². The van der Waals surface area contributed by atoms with E-state index in [4.69, 9.17) is 0 Å². The highest BCUT2D eigenvalue weighted by atomic mass is 14.0. The Hall–Kier alpha value is -1.30. The highest BCUT2D eigenvalue weighted by Gasteiger charge is 1.93. The molecule has 0 aliphatic rings. The molecule has 0 radical (unpaired) electrons. The molecular weight excluding hydrogens is 156 g/mol. The summed E-state index contributed by atoms with van der Waals surface area (Å²) >= 11 is 0. The van der Waals surface area contributed by atoms with Crippen LogP contribution in [-0.4, -0.2) is 0 Å². The van der Waals surface area contributed by atoms with Crippen molar-refractivity contribution < 1.29 is 0 Å². The van der Waals surface area contributed by atoms with Crippen LogP contribution in [0.3, 0.4) is 0 Å². The van der Waals surface area contributed by atoms with Crippen molar-refractivity contribution in [2.75, 3.05) is 0 Å². The molecule has 0 spiro atoms. The van der Waals surface area contributed by atoms with Gasteiger partial charge < -0.3 is 0 Å². The molecule has 0 bridgehead atoms. The molecule has 0 heterocycles. The summed E-state index contributed by atoms with van der Waals surface area (Å²) in [6, 6.07) is 8.63. The van der Waals surface area contributed by atoms with Gasteiger partial charge in [-0.3, -0.25) is 0 Å². The summed E-state index contributed by atoms with van der Waals surface area (Å²) in [6.07, 6.45) is 3.86. The van der Waals surface area contributed by atoms with Crippen molar-refractivity contribution >= 4 is 0 Å². The Morgan fingerprint density at radius 2 is 1.77 bits per heavy atom. The van der Waals surface area contributed by atoms with E-state index >= 15 is 0 Å². The van der Waals surface area contributed by atoms with Crippen molar-refractivity contribution in [1.29, 1.82) is 0 Å². The lowest BCUT2D eigenvalue weighted by atomic mass is 10.0. The topological polar surface area (TPSA) is 0 Å². The van der Waals surface area contributed by atoms with E-state index in [-0.39, 0.29) is 0 Å². The van der Waals surface area contributed by atoms with Gasteiger partial charge in [-0.05, 0) is 30.9 Å². The fourth-order valence-corrected chi connectivity index (χ4v) is 1.31. The lowest BCUT2D eigenvalue weighted by molar-refractivity contribution is 1.14. The quantitative estimate of drug-likeness (QED) is 0.609. The van der Waals surface area contributed by atoms with Crippen molar-refractivity contribution in [3.63, 3.8) is 0 Å². The molecule has 0 atom stereocenters. The molecule has 1 aromatic carbocycles. The maximum atomic E-state index is 3.89. The highest BCUT2D eigenvalue weighted by Crippen LogP contribution is 2.09. The summed E-state index contributed by atoms with van der Waals surface area (Å²) in [5.74, 6) is 0. The fraction of sp³-hybridized carbons (Fsp3) is 0.231. The number of benzene rings is 1. The van der Waals surface area contributed by atoms with Gasteiger partial charge in [0.25, 0.3) is 0 Å². The van der Waals surface area contributed by atoms with E-state index in [1.54, 1.807) is 0 Å². The lowest BCUT2D eigenvalue weighted by Crippen LogP contribution is -1.86. The summed E-state index contributed by atoms with van der Waals surface area (Å²) in [4.78, 5) is 0. The van der Waals surface area contributed by atoms with Gasteiger partial charge >= 0.3 is 0 Å². The van der Waals surface area contributed by atoms with Crippen molar-refractivity contribution in [3.8, 4) is 0 Å². The first kappa shape index (κ1) is 9.79. The molecule has 0 saturated carbocycles. The minimum absolute atomic E-state index is 0.952. The largest absolute Gasteiger partial charge is 0.103 e. The van der Waals surface area contributed by atoms with E-state index in [1.807, 2.05) is 6.08 Å². The maximum absolute atomic E-state index is 3.89. The average Bonchev–Trinajstić information content (AvgIpc) is 2.08. The first-order valence-electron chi connectivity index (χ1n) is 4.55. The number of allylic oxidation sites excluding steroid dienone is 2. The average molecular weight is 172 g/mol. The molecule has 0 fully saturated rings. The Kier molecular flexibility index (Phi) is 3.51. The van der Waals surface area contributed by atoms with Gasteiger partial charge in [-0.25, -0.2) is 0 Å². The van der Waals surface area contributed by atoms with Crippen LogP contribution in [0.1, 0.15) is 18.1 Å². The summed E-state index contributed by atoms with van der Waals surface area (Å²) < 4.78 is 0. The number of hydrogen-bond acceptors (Lipinski definition) is 0. The third kappa shape index (κ3) is 3.29. The highest BCUT2D eigenvalue weighted by molar-refractivity contribution is 5.26. The predicted molar refractivity (Wildman–Crippen MR) is 58.9 cm³/mol. The van der Waals surface area contributed by atoms with Crippen LogP contribution in [0, 0.1) is 0 Å². The van der Waals surface area contributed by atoms with E-state index in [1.165, 1.54) is 16.7 Å². The summed E-state index contributed by atoms with van der Waals surface area (Å²) in [5.41, 5.74) is 3.86. The van der Waals surface area contributed by atoms with Crippen molar-refractivity contribution in [2.45, 2.75) is 19.8 Å². The summed E-state index contributed by atoms with van der Waals surface area (Å²) in [5, 5.41) is 0. The van der Waals surface area contributed by atoms with Gasteiger partial charge in [0.2, 0.25) is 0 Å². The van der Waals surface area contributed by atoms with E-state index in [0.717, 1.165) is 12.8 Å². The molecule has 0 saturated heterocycles. The lowest BCUT2D eigenvalue weighted by Gasteiger charge is -2.01. The zero-order valence-electron chi connectivity index (χ0n) is 8.22. The SMILES string of the molecule is C=CCc1ccc(CC(=C)C)cc1. The molecule has 1 rings (SSSR count). The molecule has 0 aliphatic heterocycles. The van der Waals surface area contributed by atoms with Crippen molar-refractivity contribution in [3.05, 3.63) is 60.2 Å². The summed E-state index contributed by atoms with van der Waals surface area (Å²) in [7, 11) is 0. The van der Waals surface area contributed by atoms with Crippen molar-refractivity contribution in [1.82, 2.24) is 0 Å². The van der Waals surface area contributed by atoms with Crippen LogP contribution >= 0.6 is 0 Å². The van der Waals surface area contributed by atoms with Crippen LogP contribution in [0.4, 0.5) is 0 Å². The fourth-order valence-electron chi connectivity index (χ4n) is 1.31. The Balaban J connectivity index is 2.69. The van der Waals surface area contributed by atoms with Gasteiger partial charge in [0.15, 0.2) is 0 Å². The molecule has 0 aliphatic carbocycles. The van der Waals surface area contributed by atoms with Gasteiger partial charge in [-0.1, -0.05) is 42.5 Å². The molecule has 0 N–H and O–H groups in total. The maximum Gasteiger partial charge on any atom is -0.00726 e. The monoisotopic (exact) mass is 172 g/mol. The Morgan fingerprint density at radius 3 is 2.23 bits per heavy atom. The molecule has 0 unspecified atom stereocenters. The number of rotatable bonds is 4. The van der Waals surface area contributed by atoms with Crippen LogP contribution < -0.4 is 0 Å². The van der Waals surface area contributed by atoms with Crippen LogP contribution in [0.15, 0.2) is 49.1 Å². The Bertz CT molecular complexity index is 290. The Labute approximate surface area is 80.6 Å². The van der Waals surface area contributed by atoms with E-state index in [2.05, 4.69) is 44.3 Å². The zero-order valence-corrected chi connectivity index (χ0v) is 8.22. The van der Waals surface area contributed by atoms with Gasteiger partial charge in [-0.2, -0.15) is 0 Å². The van der Waals surface area contributed by atoms with E-state index in [9.17, 15) is 0 Å². The second-order valence-electron chi connectivity index (χ2n) is 3.44. The van der Waals surface area contributed by atoms with Gasteiger partial charge in [0, 0.05) is 0 Å². The van der Waals surface area contributed by atoms with Gasteiger partial charge in [0.05, 0.1) is 0 Å². The van der Waals surface area contributed by atoms with E-state index in [0.29, 0.717) is 0 Å². The molecular formula is C13H16. The minimum atomic E-state index is 0.952. The second kappa shape index (κ2) is 4.66. The molecule has 0 heteroatoms. The smallest absolute Gasteiger partial charge is 0.00726 e. The zero-order chi connectivity index (χ0) is 9.68. The molecule has 68 valence electrons. The van der Waals surface area contributed by atoms with Crippen LogP contribution in [0.2, 0.25) is 0 Å². The molecule has 1 aromatic rings. The number of hydrogen-bond donors (Lipinski definition) is 0. The summed E-state index contributed by atoms with van der Waals surface area (Å²) in [6.45, 7) is 9.66. The third-order valence-corrected chi connectivity index (χ3v) is 1.91. The Morgan fingerprint density at radius 1 is 1.23 bits per heavy atom. The van der Waals surface area contributed by atoms with Crippen LogP contribution in [0.5, 0.6) is 0 Å². The standard InChI is InChI=1S/C13H16/c1-4-5-12-6-8-13(9-7-12)10-11(2)3/h4,6-9H,1-2,5,10H2,3H3. The minimum Gasteiger partial charge on any atom is -0.103 e. The molecule has 13 heavy (non-hydrogen) atoms. The predicted octanol–water partition coefficient (Wildman–Crippen LogP) is 3.53. The first-order valence-corrected chi connectivity index (χ1v) is 4.55. The molecule has 0 aromatic heterocycles. The van der Waals surface area contributed by atoms with E-state index < -0.39 is 0 Å². The molecule has 0 amide bonds. The van der Waals surface area contributed by atoms with Gasteiger partial charge in [-0.15, -0.1) is 6.58 Å². The second-order valence-corrected chi connectivity index (χ2v) is 3.44. The molecule has 0 nitrogen and oxygen atoms in total. The van der Waals surface area contributed by atoms with Crippen LogP contribution in [-0.2, 0) is 12.8 Å². The normalized spacial score (nSPS) is 9.62. The van der Waals surface area contributed by atoms with Gasteiger partial charge in [0.1, 0.15) is 0 Å². The third-order valence-electron chi connectivity index (χ3n) is 1.91.